The highest BCUT2D eigenvalue weighted by Gasteiger charge is 2.24. The molecule has 1 aromatic heterocycles. The minimum absolute atomic E-state index is 0.0141. The lowest BCUT2D eigenvalue weighted by Gasteiger charge is -2.34. The Morgan fingerprint density at radius 3 is 2.24 bits per heavy atom. The minimum atomic E-state index is -0.460. The van der Waals surface area contributed by atoms with Crippen LogP contribution >= 0.6 is 0 Å². The molecular weight excluding hydrogens is 430 g/mol. The number of para-hydroxylation sites is 2. The third kappa shape index (κ3) is 4.53. The van der Waals surface area contributed by atoms with Gasteiger partial charge in [-0.2, -0.15) is 0 Å². The number of hydrogen-bond donors (Lipinski definition) is 0. The van der Waals surface area contributed by atoms with Gasteiger partial charge in [-0.05, 0) is 29.8 Å². The molecule has 0 bridgehead atoms. The summed E-state index contributed by atoms with van der Waals surface area (Å²) in [5.74, 6) is 0.922. The predicted molar refractivity (Wildman–Crippen MR) is 130 cm³/mol. The molecule has 0 unspecified atom stereocenters. The number of nitrogens with zero attached hydrogens (tertiary/aromatic N) is 5. The summed E-state index contributed by atoms with van der Waals surface area (Å²) in [5.41, 5.74) is 3.79. The van der Waals surface area contributed by atoms with Crippen molar-refractivity contribution in [3.63, 3.8) is 0 Å². The van der Waals surface area contributed by atoms with Gasteiger partial charge in [-0.3, -0.25) is 19.8 Å². The summed E-state index contributed by atoms with van der Waals surface area (Å²) < 4.78 is 2.28. The van der Waals surface area contributed by atoms with Crippen LogP contribution in [0.2, 0.25) is 0 Å². The van der Waals surface area contributed by atoms with Crippen LogP contribution in [0.15, 0.2) is 78.9 Å². The predicted octanol–water partition coefficient (Wildman–Crippen LogP) is 3.95. The summed E-state index contributed by atoms with van der Waals surface area (Å²) in [5, 5.41) is 10.9. The van der Waals surface area contributed by atoms with E-state index in [2.05, 4.69) is 39.8 Å². The molecule has 8 heteroatoms. The van der Waals surface area contributed by atoms with E-state index < -0.39 is 4.92 Å². The van der Waals surface area contributed by atoms with Crippen LogP contribution in [-0.4, -0.2) is 56.4 Å². The second kappa shape index (κ2) is 9.44. The monoisotopic (exact) mass is 455 g/mol. The van der Waals surface area contributed by atoms with Crippen molar-refractivity contribution in [2.75, 3.05) is 26.2 Å². The highest BCUT2D eigenvalue weighted by Crippen LogP contribution is 2.20. The molecule has 1 amide bonds. The smallest absolute Gasteiger partial charge is 0.269 e. The van der Waals surface area contributed by atoms with Crippen molar-refractivity contribution in [2.45, 2.75) is 13.1 Å². The zero-order chi connectivity index (χ0) is 23.5. The molecule has 2 heterocycles. The van der Waals surface area contributed by atoms with Crippen LogP contribution in [-0.2, 0) is 13.1 Å². The largest absolute Gasteiger partial charge is 0.336 e. The van der Waals surface area contributed by atoms with E-state index in [4.69, 9.17) is 4.98 Å². The van der Waals surface area contributed by atoms with Crippen LogP contribution in [0.4, 0.5) is 5.69 Å². The first-order valence-corrected chi connectivity index (χ1v) is 11.3. The summed E-state index contributed by atoms with van der Waals surface area (Å²) >= 11 is 0. The highest BCUT2D eigenvalue weighted by molar-refractivity contribution is 5.94. The van der Waals surface area contributed by atoms with Crippen LogP contribution < -0.4 is 0 Å². The molecular formula is C26H25N5O3. The van der Waals surface area contributed by atoms with Crippen LogP contribution in [0.25, 0.3) is 11.0 Å². The molecule has 0 atom stereocenters. The average Bonchev–Trinajstić information content (AvgIpc) is 3.21. The van der Waals surface area contributed by atoms with Gasteiger partial charge in [-0.25, -0.2) is 4.98 Å². The Kier molecular flexibility index (Phi) is 6.05. The number of hydrogen-bond acceptors (Lipinski definition) is 5. The van der Waals surface area contributed by atoms with Gasteiger partial charge >= 0.3 is 0 Å². The van der Waals surface area contributed by atoms with Gasteiger partial charge in [0.15, 0.2) is 0 Å². The van der Waals surface area contributed by atoms with Crippen molar-refractivity contribution >= 4 is 22.6 Å². The first-order valence-electron chi connectivity index (χ1n) is 11.3. The number of aromatic nitrogens is 2. The first kappa shape index (κ1) is 21.8. The molecule has 1 fully saturated rings. The van der Waals surface area contributed by atoms with E-state index in [1.807, 2.05) is 29.2 Å². The Morgan fingerprint density at radius 1 is 0.853 bits per heavy atom. The van der Waals surface area contributed by atoms with Crippen LogP contribution in [0.1, 0.15) is 21.7 Å². The zero-order valence-electron chi connectivity index (χ0n) is 18.7. The van der Waals surface area contributed by atoms with Crippen molar-refractivity contribution in [2.24, 2.45) is 0 Å². The van der Waals surface area contributed by atoms with E-state index in [1.165, 1.54) is 29.8 Å². The normalized spacial score (nSPS) is 14.4. The second-order valence-corrected chi connectivity index (χ2v) is 8.46. The number of amides is 1. The highest BCUT2D eigenvalue weighted by atomic mass is 16.6. The maximum absolute atomic E-state index is 12.8. The topological polar surface area (TPSA) is 84.5 Å². The van der Waals surface area contributed by atoms with E-state index in [0.29, 0.717) is 25.2 Å². The van der Waals surface area contributed by atoms with Gasteiger partial charge in [0.25, 0.3) is 11.6 Å². The Bertz CT molecular complexity index is 1310. The number of benzene rings is 3. The van der Waals surface area contributed by atoms with Crippen molar-refractivity contribution in [1.82, 2.24) is 19.4 Å². The second-order valence-electron chi connectivity index (χ2n) is 8.46. The Balaban J connectivity index is 1.27. The fourth-order valence-electron chi connectivity index (χ4n) is 4.41. The molecule has 0 N–H and O–H groups in total. The summed E-state index contributed by atoms with van der Waals surface area (Å²) in [6.07, 6.45) is 0. The summed E-state index contributed by atoms with van der Waals surface area (Å²) in [6.45, 7) is 4.17. The molecule has 1 aliphatic rings. The Morgan fingerprint density at radius 2 is 1.53 bits per heavy atom. The zero-order valence-corrected chi connectivity index (χ0v) is 18.7. The molecule has 34 heavy (non-hydrogen) atoms. The number of imidazole rings is 1. The molecule has 3 aromatic carbocycles. The van der Waals surface area contributed by atoms with E-state index in [0.717, 1.165) is 36.5 Å². The lowest BCUT2D eigenvalue weighted by Crippen LogP contribution is -2.48. The van der Waals surface area contributed by atoms with Crippen molar-refractivity contribution in [3.05, 3.63) is 106 Å². The van der Waals surface area contributed by atoms with E-state index >= 15 is 0 Å². The SMILES string of the molecule is O=C(c1ccc([N+](=O)[O-])cc1)N1CCN(Cc2nc3ccccc3n2Cc2ccccc2)CC1. The molecule has 172 valence electrons. The number of non-ortho nitro benzene ring substituents is 1. The Labute approximate surface area is 197 Å². The number of nitro benzene ring substituents is 1. The third-order valence-electron chi connectivity index (χ3n) is 6.27. The third-order valence-corrected chi connectivity index (χ3v) is 6.27. The lowest BCUT2D eigenvalue weighted by molar-refractivity contribution is -0.384. The standard InChI is InChI=1S/C26H25N5O3/c32-26(21-10-12-22(13-11-21)31(33)34)29-16-14-28(15-17-29)19-25-27-23-8-4-5-9-24(23)30(25)18-20-6-2-1-3-7-20/h1-13H,14-19H2. The number of carbonyl (C=O) groups excluding carboxylic acids is 1. The summed E-state index contributed by atoms with van der Waals surface area (Å²) in [7, 11) is 0. The number of nitro groups is 1. The summed E-state index contributed by atoms with van der Waals surface area (Å²) in [6, 6.07) is 24.4. The quantitative estimate of drug-likeness (QED) is 0.325. The lowest BCUT2D eigenvalue weighted by atomic mass is 10.1. The fourth-order valence-corrected chi connectivity index (χ4v) is 4.41. The van der Waals surface area contributed by atoms with Gasteiger partial charge in [-0.1, -0.05) is 42.5 Å². The fraction of sp³-hybridized carbons (Fsp3) is 0.231. The Hall–Kier alpha value is -4.04. The molecule has 1 aliphatic heterocycles. The molecule has 5 rings (SSSR count). The van der Waals surface area contributed by atoms with Crippen molar-refractivity contribution in [3.8, 4) is 0 Å². The molecule has 0 saturated carbocycles. The van der Waals surface area contributed by atoms with Gasteiger partial charge in [0.2, 0.25) is 0 Å². The maximum Gasteiger partial charge on any atom is 0.269 e. The number of piperazine rings is 1. The first-order chi connectivity index (χ1) is 16.6. The van der Waals surface area contributed by atoms with Crippen molar-refractivity contribution in [1.29, 1.82) is 0 Å². The molecule has 0 spiro atoms. The average molecular weight is 456 g/mol. The molecule has 8 nitrogen and oxygen atoms in total. The van der Waals surface area contributed by atoms with E-state index in [-0.39, 0.29) is 11.6 Å². The van der Waals surface area contributed by atoms with Crippen LogP contribution in [0, 0.1) is 10.1 Å². The minimum Gasteiger partial charge on any atom is -0.336 e. The molecule has 0 aliphatic carbocycles. The summed E-state index contributed by atoms with van der Waals surface area (Å²) in [4.78, 5) is 32.3. The van der Waals surface area contributed by atoms with Crippen LogP contribution in [0.5, 0.6) is 0 Å². The van der Waals surface area contributed by atoms with Gasteiger partial charge in [0, 0.05) is 50.4 Å². The number of carbonyl (C=O) groups is 1. The van der Waals surface area contributed by atoms with Gasteiger partial charge in [-0.15, -0.1) is 0 Å². The molecule has 4 aromatic rings. The maximum atomic E-state index is 12.8. The molecule has 1 saturated heterocycles. The number of fused-ring (bicyclic) bond motifs is 1. The van der Waals surface area contributed by atoms with E-state index in [9.17, 15) is 14.9 Å². The van der Waals surface area contributed by atoms with Gasteiger partial charge < -0.3 is 9.47 Å². The number of rotatable bonds is 6. The molecule has 0 radical (unpaired) electrons. The van der Waals surface area contributed by atoms with E-state index in [1.54, 1.807) is 0 Å². The van der Waals surface area contributed by atoms with Crippen LogP contribution in [0.3, 0.4) is 0 Å². The van der Waals surface area contributed by atoms with Gasteiger partial charge in [0.1, 0.15) is 5.82 Å². The van der Waals surface area contributed by atoms with Crippen molar-refractivity contribution < 1.29 is 9.72 Å². The van der Waals surface area contributed by atoms with Gasteiger partial charge in [0.05, 0.1) is 22.5 Å².